The highest BCUT2D eigenvalue weighted by molar-refractivity contribution is 5.73. The summed E-state index contributed by atoms with van der Waals surface area (Å²) in [6, 6.07) is 0.118. The molecule has 4 atom stereocenters. The normalized spacial score (nSPS) is 30.3. The van der Waals surface area contributed by atoms with Gasteiger partial charge in [-0.1, -0.05) is 6.92 Å². The Morgan fingerprint density at radius 1 is 1.39 bits per heavy atom. The summed E-state index contributed by atoms with van der Waals surface area (Å²) in [6.07, 6.45) is 4.76. The van der Waals surface area contributed by atoms with Gasteiger partial charge in [-0.15, -0.1) is 0 Å². The van der Waals surface area contributed by atoms with Crippen LogP contribution in [0.25, 0.3) is 0 Å². The van der Waals surface area contributed by atoms with E-state index in [4.69, 9.17) is 4.74 Å². The molecule has 23 heavy (non-hydrogen) atoms. The maximum absolute atomic E-state index is 11.4. The summed E-state index contributed by atoms with van der Waals surface area (Å²) in [5.41, 5.74) is 0. The van der Waals surface area contributed by atoms with Crippen LogP contribution in [0.15, 0.2) is 6.33 Å². The van der Waals surface area contributed by atoms with Gasteiger partial charge in [0, 0.05) is 33.7 Å². The van der Waals surface area contributed by atoms with E-state index in [-0.39, 0.29) is 18.1 Å². The lowest BCUT2D eigenvalue weighted by atomic mass is 9.77. The second-order valence-corrected chi connectivity index (χ2v) is 6.76. The fourth-order valence-corrected chi connectivity index (χ4v) is 4.12. The van der Waals surface area contributed by atoms with Crippen LogP contribution in [0.5, 0.6) is 0 Å². The van der Waals surface area contributed by atoms with E-state index in [0.717, 1.165) is 44.8 Å². The number of amides is 1. The Hall–Kier alpha value is -1.63. The molecule has 1 aliphatic heterocycles. The fourth-order valence-electron chi connectivity index (χ4n) is 4.12. The second-order valence-electron chi connectivity index (χ2n) is 6.76. The average Bonchev–Trinajstić information content (AvgIpc) is 3.11. The quantitative estimate of drug-likeness (QED) is 0.878. The molecule has 128 valence electrons. The average molecular weight is 321 g/mol. The monoisotopic (exact) mass is 321 g/mol. The van der Waals surface area contributed by atoms with Crippen LogP contribution in [0.1, 0.15) is 33.1 Å². The molecule has 7 heteroatoms. The number of hydrogen-bond acceptors (Lipinski definition) is 5. The molecule has 0 aromatic carbocycles. The first-order valence-corrected chi connectivity index (χ1v) is 8.55. The van der Waals surface area contributed by atoms with E-state index >= 15 is 0 Å². The van der Waals surface area contributed by atoms with Crippen LogP contribution in [-0.2, 0) is 16.1 Å². The number of hydrogen-bond donors (Lipinski definition) is 1. The molecule has 0 spiro atoms. The minimum Gasteiger partial charge on any atom is -0.379 e. The number of carbonyl (C=O) groups is 1. The SMILES string of the molecule is CCCn1ncnc1N1C[C@H]2C[C@@H](NC(C)=O)[C@H](OC)C[C@H]2C1. The molecule has 2 fully saturated rings. The predicted molar refractivity (Wildman–Crippen MR) is 87.1 cm³/mol. The summed E-state index contributed by atoms with van der Waals surface area (Å²) in [7, 11) is 1.74. The number of nitrogens with one attached hydrogen (secondary N) is 1. The summed E-state index contributed by atoms with van der Waals surface area (Å²) in [4.78, 5) is 18.2. The van der Waals surface area contributed by atoms with E-state index in [1.165, 1.54) is 0 Å². The topological polar surface area (TPSA) is 72.3 Å². The molecular weight excluding hydrogens is 294 g/mol. The summed E-state index contributed by atoms with van der Waals surface area (Å²) in [5, 5.41) is 7.40. The van der Waals surface area contributed by atoms with E-state index in [1.807, 2.05) is 4.68 Å². The zero-order chi connectivity index (χ0) is 16.4. The minimum absolute atomic E-state index is 0.0213. The largest absolute Gasteiger partial charge is 0.379 e. The van der Waals surface area contributed by atoms with Gasteiger partial charge in [-0.3, -0.25) is 4.79 Å². The van der Waals surface area contributed by atoms with Crippen molar-refractivity contribution in [3.63, 3.8) is 0 Å². The number of aryl methyl sites for hydroxylation is 1. The van der Waals surface area contributed by atoms with Gasteiger partial charge in [0.05, 0.1) is 12.1 Å². The van der Waals surface area contributed by atoms with Crippen LogP contribution in [0.3, 0.4) is 0 Å². The standard InChI is InChI=1S/C16H27N5O2/c1-4-5-21-16(17-10-18-21)20-8-12-6-14(19-11(2)22)15(23-3)7-13(12)9-20/h10,12-15H,4-9H2,1-3H3,(H,19,22)/t12-,13+,14-,15-/m1/s1. The molecule has 1 amide bonds. The first-order chi connectivity index (χ1) is 11.1. The van der Waals surface area contributed by atoms with Gasteiger partial charge < -0.3 is 15.0 Å². The third-order valence-electron chi connectivity index (χ3n) is 5.12. The van der Waals surface area contributed by atoms with Crippen molar-refractivity contribution in [2.45, 2.75) is 51.8 Å². The summed E-state index contributed by atoms with van der Waals surface area (Å²) in [5.74, 6) is 2.17. The third-order valence-corrected chi connectivity index (χ3v) is 5.12. The van der Waals surface area contributed by atoms with E-state index in [1.54, 1.807) is 20.4 Å². The van der Waals surface area contributed by atoms with Gasteiger partial charge in [0.1, 0.15) is 6.33 Å². The van der Waals surface area contributed by atoms with Crippen LogP contribution in [0, 0.1) is 11.8 Å². The number of nitrogens with zero attached hydrogens (tertiary/aromatic N) is 4. The molecule has 0 unspecified atom stereocenters. The lowest BCUT2D eigenvalue weighted by Gasteiger charge is -2.37. The first-order valence-electron chi connectivity index (χ1n) is 8.55. The van der Waals surface area contributed by atoms with E-state index in [9.17, 15) is 4.79 Å². The Morgan fingerprint density at radius 3 is 2.78 bits per heavy atom. The predicted octanol–water partition coefficient (Wildman–Crippen LogP) is 1.05. The molecule has 1 saturated heterocycles. The van der Waals surface area contributed by atoms with Crippen molar-refractivity contribution in [2.24, 2.45) is 11.8 Å². The zero-order valence-corrected chi connectivity index (χ0v) is 14.2. The minimum atomic E-state index is 0.0213. The Labute approximate surface area is 137 Å². The van der Waals surface area contributed by atoms with Crippen LogP contribution < -0.4 is 10.2 Å². The Bertz CT molecular complexity index is 546. The number of anilines is 1. The molecule has 3 rings (SSSR count). The molecule has 7 nitrogen and oxygen atoms in total. The summed E-state index contributed by atoms with van der Waals surface area (Å²) < 4.78 is 7.63. The molecule has 0 radical (unpaired) electrons. The number of ether oxygens (including phenoxy) is 1. The van der Waals surface area contributed by atoms with E-state index in [0.29, 0.717) is 11.8 Å². The van der Waals surface area contributed by atoms with Crippen molar-refractivity contribution in [1.29, 1.82) is 0 Å². The molecule has 1 saturated carbocycles. The number of carbonyl (C=O) groups excluding carboxylic acids is 1. The van der Waals surface area contributed by atoms with Gasteiger partial charge in [0.2, 0.25) is 11.9 Å². The van der Waals surface area contributed by atoms with Crippen LogP contribution >= 0.6 is 0 Å². The highest BCUT2D eigenvalue weighted by atomic mass is 16.5. The number of aromatic nitrogens is 3. The van der Waals surface area contributed by atoms with E-state index in [2.05, 4.69) is 27.2 Å². The number of methoxy groups -OCH3 is 1. The van der Waals surface area contributed by atoms with E-state index < -0.39 is 0 Å². The lowest BCUT2D eigenvalue weighted by Crippen LogP contribution is -2.49. The maximum atomic E-state index is 11.4. The smallest absolute Gasteiger partial charge is 0.223 e. The van der Waals surface area contributed by atoms with Crippen molar-refractivity contribution in [2.75, 3.05) is 25.1 Å². The third kappa shape index (κ3) is 3.34. The maximum Gasteiger partial charge on any atom is 0.223 e. The summed E-state index contributed by atoms with van der Waals surface area (Å²) in [6.45, 7) is 6.61. The van der Waals surface area contributed by atoms with Gasteiger partial charge >= 0.3 is 0 Å². The molecule has 1 aromatic heterocycles. The van der Waals surface area contributed by atoms with Crippen LogP contribution in [-0.4, -0.2) is 53.0 Å². The molecule has 1 N–H and O–H groups in total. The molecule has 1 aliphatic carbocycles. The van der Waals surface area contributed by atoms with Crippen molar-refractivity contribution in [3.05, 3.63) is 6.33 Å². The van der Waals surface area contributed by atoms with Gasteiger partial charge in [0.15, 0.2) is 0 Å². The zero-order valence-electron chi connectivity index (χ0n) is 14.2. The Balaban J connectivity index is 1.70. The Kier molecular flexibility index (Phi) is 4.84. The van der Waals surface area contributed by atoms with Crippen molar-refractivity contribution in [1.82, 2.24) is 20.1 Å². The molecule has 0 bridgehead atoms. The highest BCUT2D eigenvalue weighted by Gasteiger charge is 2.43. The van der Waals surface area contributed by atoms with Crippen LogP contribution in [0.2, 0.25) is 0 Å². The number of fused-ring (bicyclic) bond motifs is 1. The van der Waals surface area contributed by atoms with Crippen LogP contribution in [0.4, 0.5) is 5.95 Å². The van der Waals surface area contributed by atoms with Crippen molar-refractivity contribution >= 4 is 11.9 Å². The molecular formula is C16H27N5O2. The summed E-state index contributed by atoms with van der Waals surface area (Å²) >= 11 is 0. The fraction of sp³-hybridized carbons (Fsp3) is 0.812. The van der Waals surface area contributed by atoms with Gasteiger partial charge in [-0.05, 0) is 31.1 Å². The van der Waals surface area contributed by atoms with Gasteiger partial charge in [-0.2, -0.15) is 10.1 Å². The van der Waals surface area contributed by atoms with Gasteiger partial charge in [-0.25, -0.2) is 4.68 Å². The molecule has 1 aromatic rings. The number of rotatable bonds is 5. The lowest BCUT2D eigenvalue weighted by molar-refractivity contribution is -0.121. The highest BCUT2D eigenvalue weighted by Crippen LogP contribution is 2.38. The van der Waals surface area contributed by atoms with Crippen molar-refractivity contribution in [3.8, 4) is 0 Å². The Morgan fingerprint density at radius 2 is 2.13 bits per heavy atom. The van der Waals surface area contributed by atoms with Crippen molar-refractivity contribution < 1.29 is 9.53 Å². The second kappa shape index (κ2) is 6.86. The first kappa shape index (κ1) is 16.2. The molecule has 2 aliphatic rings. The van der Waals surface area contributed by atoms with Gasteiger partial charge in [0.25, 0.3) is 0 Å². The molecule has 2 heterocycles.